The number of likely N-dealkylation sites (tertiary alicyclic amines) is 1. The van der Waals surface area contributed by atoms with Crippen molar-refractivity contribution in [3.8, 4) is 0 Å². The second-order valence-corrected chi connectivity index (χ2v) is 5.31. The maximum absolute atomic E-state index is 12.2. The zero-order valence-electron chi connectivity index (χ0n) is 12.3. The van der Waals surface area contributed by atoms with Gasteiger partial charge in [-0.1, -0.05) is 0 Å². The lowest BCUT2D eigenvalue weighted by molar-refractivity contribution is -0.137. The molecule has 0 aliphatic carbocycles. The number of amides is 1. The van der Waals surface area contributed by atoms with Crippen LogP contribution in [0.15, 0.2) is 12.4 Å². The summed E-state index contributed by atoms with van der Waals surface area (Å²) >= 11 is 0. The number of nitrogens with zero attached hydrogens (tertiary/aromatic N) is 3. The van der Waals surface area contributed by atoms with Gasteiger partial charge in [0.05, 0.1) is 0 Å². The molecule has 7 heteroatoms. The summed E-state index contributed by atoms with van der Waals surface area (Å²) in [4.78, 5) is 28.9. The summed E-state index contributed by atoms with van der Waals surface area (Å²) in [6, 6.07) is 0.503. The van der Waals surface area contributed by atoms with Crippen molar-refractivity contribution in [1.29, 1.82) is 0 Å². The summed E-state index contributed by atoms with van der Waals surface area (Å²) in [6.07, 6.45) is 6.02. The van der Waals surface area contributed by atoms with Crippen LogP contribution in [-0.4, -0.2) is 57.6 Å². The van der Waals surface area contributed by atoms with Gasteiger partial charge in [0, 0.05) is 44.4 Å². The van der Waals surface area contributed by atoms with Crippen molar-refractivity contribution in [3.05, 3.63) is 18.2 Å². The Morgan fingerprint density at radius 2 is 2.14 bits per heavy atom. The summed E-state index contributed by atoms with van der Waals surface area (Å²) in [5.41, 5.74) is 0. The van der Waals surface area contributed by atoms with Crippen LogP contribution in [0.4, 0.5) is 0 Å². The molecule has 0 unspecified atom stereocenters. The van der Waals surface area contributed by atoms with E-state index in [0.717, 1.165) is 25.9 Å². The molecule has 2 heterocycles. The van der Waals surface area contributed by atoms with Crippen LogP contribution in [0.3, 0.4) is 0 Å². The Morgan fingerprint density at radius 3 is 2.76 bits per heavy atom. The highest BCUT2D eigenvalue weighted by molar-refractivity contribution is 5.76. The number of carboxylic acid groups (broad SMARTS) is 1. The van der Waals surface area contributed by atoms with Crippen LogP contribution in [-0.2, 0) is 22.6 Å². The molecular weight excluding hydrogens is 272 g/mol. The average Bonchev–Trinajstić information content (AvgIpc) is 2.91. The second-order valence-electron chi connectivity index (χ2n) is 5.31. The first-order chi connectivity index (χ1) is 10.1. The van der Waals surface area contributed by atoms with E-state index in [1.807, 2.05) is 11.9 Å². The third-order valence-electron chi connectivity index (χ3n) is 3.93. The van der Waals surface area contributed by atoms with E-state index in [1.165, 1.54) is 0 Å². The predicted octanol–water partition coefficient (Wildman–Crippen LogP) is 0.111. The van der Waals surface area contributed by atoms with Gasteiger partial charge in [0.1, 0.15) is 12.4 Å². The fraction of sp³-hybridized carbons (Fsp3) is 0.643. The van der Waals surface area contributed by atoms with E-state index >= 15 is 0 Å². The van der Waals surface area contributed by atoms with Crippen molar-refractivity contribution in [2.24, 2.45) is 0 Å². The molecule has 1 amide bonds. The smallest absolute Gasteiger partial charge is 0.323 e. The molecule has 1 fully saturated rings. The number of piperidine rings is 1. The molecule has 1 aromatic rings. The minimum absolute atomic E-state index is 0.114. The van der Waals surface area contributed by atoms with Crippen molar-refractivity contribution >= 4 is 11.9 Å². The number of aryl methyl sites for hydroxylation is 1. The minimum Gasteiger partial charge on any atom is -0.480 e. The van der Waals surface area contributed by atoms with Crippen LogP contribution in [0.1, 0.15) is 25.1 Å². The molecule has 0 saturated carbocycles. The van der Waals surface area contributed by atoms with E-state index in [0.29, 0.717) is 24.7 Å². The van der Waals surface area contributed by atoms with E-state index in [9.17, 15) is 9.59 Å². The van der Waals surface area contributed by atoms with Gasteiger partial charge in [0.15, 0.2) is 0 Å². The van der Waals surface area contributed by atoms with Gasteiger partial charge in [-0.05, 0) is 19.9 Å². The van der Waals surface area contributed by atoms with Gasteiger partial charge in [0.25, 0.3) is 0 Å². The average molecular weight is 294 g/mol. The molecule has 1 aliphatic heterocycles. The molecule has 21 heavy (non-hydrogen) atoms. The Labute approximate surface area is 124 Å². The van der Waals surface area contributed by atoms with Crippen molar-refractivity contribution in [2.75, 3.05) is 20.1 Å². The van der Waals surface area contributed by atoms with Crippen LogP contribution < -0.4 is 5.32 Å². The number of imidazole rings is 1. The highest BCUT2D eigenvalue weighted by atomic mass is 16.4. The van der Waals surface area contributed by atoms with E-state index in [2.05, 4.69) is 10.3 Å². The molecule has 1 aliphatic rings. The zero-order chi connectivity index (χ0) is 15.2. The summed E-state index contributed by atoms with van der Waals surface area (Å²) in [6.45, 7) is 1.46. The maximum atomic E-state index is 12.2. The third kappa shape index (κ3) is 4.29. The topological polar surface area (TPSA) is 87.5 Å². The van der Waals surface area contributed by atoms with E-state index in [1.54, 1.807) is 17.0 Å². The van der Waals surface area contributed by atoms with Crippen LogP contribution >= 0.6 is 0 Å². The standard InChI is InChI=1S/C14H22N4O3/c1-15-11-4-7-17(8-5-11)13(19)3-2-12-16-6-9-18(12)10-14(20)21/h6,9,11,15H,2-5,7-8,10H2,1H3,(H,20,21). The summed E-state index contributed by atoms with van der Waals surface area (Å²) in [5.74, 6) is -0.139. The second kappa shape index (κ2) is 7.21. The Hall–Kier alpha value is -1.89. The highest BCUT2D eigenvalue weighted by Gasteiger charge is 2.21. The summed E-state index contributed by atoms with van der Waals surface area (Å²) < 4.78 is 1.57. The fourth-order valence-corrected chi connectivity index (χ4v) is 2.65. The normalized spacial score (nSPS) is 16.1. The third-order valence-corrected chi connectivity index (χ3v) is 3.93. The summed E-state index contributed by atoms with van der Waals surface area (Å²) in [5, 5.41) is 12.0. The Balaban J connectivity index is 1.82. The number of aromatic nitrogens is 2. The van der Waals surface area contributed by atoms with Crippen LogP contribution in [0.2, 0.25) is 0 Å². The lowest BCUT2D eigenvalue weighted by atomic mass is 10.0. The quantitative estimate of drug-likeness (QED) is 0.777. The molecule has 7 nitrogen and oxygen atoms in total. The molecule has 0 radical (unpaired) electrons. The first kappa shape index (κ1) is 15.5. The molecule has 1 saturated heterocycles. The SMILES string of the molecule is CNC1CCN(C(=O)CCc2nccn2CC(=O)O)CC1. The van der Waals surface area contributed by atoms with Gasteiger partial charge in [-0.2, -0.15) is 0 Å². The van der Waals surface area contributed by atoms with Gasteiger partial charge in [-0.3, -0.25) is 9.59 Å². The number of hydrogen-bond acceptors (Lipinski definition) is 4. The number of carboxylic acids is 1. The van der Waals surface area contributed by atoms with Gasteiger partial charge in [0.2, 0.25) is 5.91 Å². The van der Waals surface area contributed by atoms with Crippen molar-refractivity contribution < 1.29 is 14.7 Å². The lowest BCUT2D eigenvalue weighted by Crippen LogP contribution is -2.44. The van der Waals surface area contributed by atoms with Gasteiger partial charge < -0.3 is 19.9 Å². The molecule has 0 aromatic carbocycles. The monoisotopic (exact) mass is 294 g/mol. The Kier molecular flexibility index (Phi) is 5.32. The van der Waals surface area contributed by atoms with Crippen LogP contribution in [0.25, 0.3) is 0 Å². The molecule has 116 valence electrons. The first-order valence-electron chi connectivity index (χ1n) is 7.27. The number of rotatable bonds is 6. The first-order valence-corrected chi connectivity index (χ1v) is 7.27. The zero-order valence-corrected chi connectivity index (χ0v) is 12.3. The molecule has 0 atom stereocenters. The van der Waals surface area contributed by atoms with Crippen LogP contribution in [0.5, 0.6) is 0 Å². The van der Waals surface area contributed by atoms with Crippen molar-refractivity contribution in [1.82, 2.24) is 19.8 Å². The minimum atomic E-state index is -0.908. The molecule has 2 N–H and O–H groups in total. The largest absolute Gasteiger partial charge is 0.480 e. The van der Waals surface area contributed by atoms with Crippen molar-refractivity contribution in [3.63, 3.8) is 0 Å². The van der Waals surface area contributed by atoms with Gasteiger partial charge in [-0.25, -0.2) is 4.98 Å². The van der Waals surface area contributed by atoms with E-state index < -0.39 is 5.97 Å². The molecule has 0 spiro atoms. The van der Waals surface area contributed by atoms with Gasteiger partial charge in [-0.15, -0.1) is 0 Å². The van der Waals surface area contributed by atoms with Crippen molar-refractivity contribution in [2.45, 2.75) is 38.3 Å². The Morgan fingerprint density at radius 1 is 1.43 bits per heavy atom. The van der Waals surface area contributed by atoms with E-state index in [-0.39, 0.29) is 12.5 Å². The number of carbonyl (C=O) groups is 2. The molecular formula is C14H22N4O3. The van der Waals surface area contributed by atoms with E-state index in [4.69, 9.17) is 5.11 Å². The lowest BCUT2D eigenvalue weighted by Gasteiger charge is -2.31. The van der Waals surface area contributed by atoms with Gasteiger partial charge >= 0.3 is 5.97 Å². The number of aliphatic carboxylic acids is 1. The number of hydrogen-bond donors (Lipinski definition) is 2. The summed E-state index contributed by atoms with van der Waals surface area (Å²) in [7, 11) is 1.95. The fourth-order valence-electron chi connectivity index (χ4n) is 2.65. The molecule has 1 aromatic heterocycles. The number of carbonyl (C=O) groups excluding carboxylic acids is 1. The number of nitrogens with one attached hydrogen (secondary N) is 1. The van der Waals surface area contributed by atoms with Crippen LogP contribution in [0, 0.1) is 0 Å². The highest BCUT2D eigenvalue weighted by Crippen LogP contribution is 2.12. The molecule has 2 rings (SSSR count). The predicted molar refractivity (Wildman–Crippen MR) is 76.8 cm³/mol. The molecule has 0 bridgehead atoms. The maximum Gasteiger partial charge on any atom is 0.323 e. The Bertz CT molecular complexity index is 492.